The third-order valence-electron chi connectivity index (χ3n) is 2.52. The number of halogens is 1. The van der Waals surface area contributed by atoms with Crippen LogP contribution in [0.1, 0.15) is 12.0 Å². The van der Waals surface area contributed by atoms with Gasteiger partial charge in [0.2, 0.25) is 5.91 Å². The van der Waals surface area contributed by atoms with Gasteiger partial charge in [0.05, 0.1) is 6.42 Å². The zero-order valence-electron chi connectivity index (χ0n) is 10.6. The molecule has 0 fully saturated rings. The van der Waals surface area contributed by atoms with Gasteiger partial charge in [0.15, 0.2) is 0 Å². The molecular formula is C12H14FN3O4. The van der Waals surface area contributed by atoms with Crippen LogP contribution in [0.15, 0.2) is 18.2 Å². The number of aliphatic carboxylic acids is 1. The highest BCUT2D eigenvalue weighted by molar-refractivity contribution is 5.94. The average molecular weight is 283 g/mol. The molecule has 0 bridgehead atoms. The molecule has 20 heavy (non-hydrogen) atoms. The molecule has 0 heterocycles. The fourth-order valence-corrected chi connectivity index (χ4v) is 1.46. The summed E-state index contributed by atoms with van der Waals surface area (Å²) in [4.78, 5) is 33.1. The minimum absolute atomic E-state index is 0.200. The second-order valence-corrected chi connectivity index (χ2v) is 4.07. The van der Waals surface area contributed by atoms with Crippen LogP contribution in [0.25, 0.3) is 0 Å². The van der Waals surface area contributed by atoms with Crippen LogP contribution in [0.3, 0.4) is 0 Å². The van der Waals surface area contributed by atoms with Gasteiger partial charge in [0.1, 0.15) is 11.9 Å². The Morgan fingerprint density at radius 1 is 1.40 bits per heavy atom. The number of carbonyl (C=O) groups is 3. The van der Waals surface area contributed by atoms with Gasteiger partial charge < -0.3 is 21.5 Å². The first-order valence-corrected chi connectivity index (χ1v) is 5.65. The lowest BCUT2D eigenvalue weighted by atomic mass is 10.2. The number of anilines is 1. The molecule has 0 aliphatic rings. The first-order chi connectivity index (χ1) is 9.31. The normalized spacial score (nSPS) is 11.5. The molecular weight excluding hydrogens is 269 g/mol. The number of hydrogen-bond acceptors (Lipinski definition) is 3. The second kappa shape index (κ2) is 6.50. The number of nitrogens with two attached hydrogens (primary N) is 1. The molecule has 3 amide bonds. The van der Waals surface area contributed by atoms with Crippen molar-refractivity contribution in [3.8, 4) is 0 Å². The lowest BCUT2D eigenvalue weighted by molar-refractivity contribution is -0.140. The maximum absolute atomic E-state index is 13.3. The Balaban J connectivity index is 2.73. The minimum Gasteiger partial charge on any atom is -0.480 e. The fourth-order valence-electron chi connectivity index (χ4n) is 1.46. The van der Waals surface area contributed by atoms with Gasteiger partial charge in [-0.15, -0.1) is 0 Å². The Labute approximate surface area is 114 Å². The fraction of sp³-hybridized carbons (Fsp3) is 0.250. The molecule has 1 rings (SSSR count). The topological polar surface area (TPSA) is 122 Å². The summed E-state index contributed by atoms with van der Waals surface area (Å²) in [5, 5.41) is 13.2. The van der Waals surface area contributed by atoms with Crippen molar-refractivity contribution in [2.24, 2.45) is 5.73 Å². The predicted molar refractivity (Wildman–Crippen MR) is 68.5 cm³/mol. The van der Waals surface area contributed by atoms with E-state index in [1.165, 1.54) is 25.1 Å². The summed E-state index contributed by atoms with van der Waals surface area (Å²) in [6.45, 7) is 1.46. The van der Waals surface area contributed by atoms with E-state index >= 15 is 0 Å². The van der Waals surface area contributed by atoms with Crippen molar-refractivity contribution in [1.29, 1.82) is 0 Å². The molecule has 1 aromatic carbocycles. The largest absolute Gasteiger partial charge is 0.480 e. The zero-order valence-corrected chi connectivity index (χ0v) is 10.6. The number of benzene rings is 1. The maximum atomic E-state index is 13.3. The van der Waals surface area contributed by atoms with Crippen molar-refractivity contribution in [2.45, 2.75) is 19.4 Å². The molecule has 0 radical (unpaired) electrons. The van der Waals surface area contributed by atoms with Crippen molar-refractivity contribution in [3.05, 3.63) is 29.6 Å². The van der Waals surface area contributed by atoms with Crippen LogP contribution < -0.4 is 16.4 Å². The van der Waals surface area contributed by atoms with Gasteiger partial charge in [-0.25, -0.2) is 14.0 Å². The van der Waals surface area contributed by atoms with Gasteiger partial charge in [0.25, 0.3) is 0 Å². The number of primary amides is 1. The maximum Gasteiger partial charge on any atom is 0.326 e. The SMILES string of the molecule is Cc1c(F)cccc1NC(=O)N[C@@H](CC(N)=O)C(=O)O. The molecule has 0 aliphatic heterocycles. The smallest absolute Gasteiger partial charge is 0.326 e. The number of amides is 3. The summed E-state index contributed by atoms with van der Waals surface area (Å²) < 4.78 is 13.3. The van der Waals surface area contributed by atoms with Gasteiger partial charge in [-0.2, -0.15) is 0 Å². The second-order valence-electron chi connectivity index (χ2n) is 4.07. The Hall–Kier alpha value is -2.64. The number of carboxylic acids is 1. The summed E-state index contributed by atoms with van der Waals surface area (Å²) >= 11 is 0. The lowest BCUT2D eigenvalue weighted by Crippen LogP contribution is -2.45. The summed E-state index contributed by atoms with van der Waals surface area (Å²) in [6.07, 6.45) is -0.537. The molecule has 108 valence electrons. The monoisotopic (exact) mass is 283 g/mol. The van der Waals surface area contributed by atoms with Crippen LogP contribution in [-0.4, -0.2) is 29.1 Å². The standard InChI is InChI=1S/C12H14FN3O4/c1-6-7(13)3-2-4-8(6)15-12(20)16-9(11(18)19)5-10(14)17/h2-4,9H,5H2,1H3,(H2,14,17)(H,18,19)(H2,15,16,20)/t9-/m0/s1. The minimum atomic E-state index is -1.44. The highest BCUT2D eigenvalue weighted by Crippen LogP contribution is 2.17. The highest BCUT2D eigenvalue weighted by Gasteiger charge is 2.22. The van der Waals surface area contributed by atoms with Crippen molar-refractivity contribution < 1.29 is 23.9 Å². The molecule has 7 nitrogen and oxygen atoms in total. The van der Waals surface area contributed by atoms with Gasteiger partial charge in [-0.05, 0) is 19.1 Å². The Bertz CT molecular complexity index is 548. The lowest BCUT2D eigenvalue weighted by Gasteiger charge is -2.14. The number of carboxylic acid groups (broad SMARTS) is 1. The molecule has 0 saturated carbocycles. The van der Waals surface area contributed by atoms with E-state index < -0.39 is 36.2 Å². The quantitative estimate of drug-likeness (QED) is 0.631. The van der Waals surface area contributed by atoms with Gasteiger partial charge in [-0.3, -0.25) is 4.79 Å². The average Bonchev–Trinajstić information content (AvgIpc) is 2.33. The van der Waals surface area contributed by atoms with E-state index in [0.29, 0.717) is 0 Å². The van der Waals surface area contributed by atoms with Crippen molar-refractivity contribution in [3.63, 3.8) is 0 Å². The highest BCUT2D eigenvalue weighted by atomic mass is 19.1. The van der Waals surface area contributed by atoms with Gasteiger partial charge in [0, 0.05) is 11.3 Å². The van der Waals surface area contributed by atoms with Gasteiger partial charge >= 0.3 is 12.0 Å². The third kappa shape index (κ3) is 4.23. The van der Waals surface area contributed by atoms with Crippen LogP contribution in [0.4, 0.5) is 14.9 Å². The summed E-state index contributed by atoms with van der Waals surface area (Å²) in [7, 11) is 0. The van der Waals surface area contributed by atoms with Crippen LogP contribution in [0.5, 0.6) is 0 Å². The molecule has 0 aromatic heterocycles. The summed E-state index contributed by atoms with van der Waals surface area (Å²) in [5.74, 6) is -2.76. The molecule has 0 unspecified atom stereocenters. The number of nitrogens with one attached hydrogen (secondary N) is 2. The first-order valence-electron chi connectivity index (χ1n) is 5.65. The van der Waals surface area contributed by atoms with Gasteiger partial charge in [-0.1, -0.05) is 6.07 Å². The van der Waals surface area contributed by atoms with Crippen LogP contribution in [0, 0.1) is 12.7 Å². The molecule has 1 atom stereocenters. The molecule has 0 aliphatic carbocycles. The van der Waals surface area contributed by atoms with Crippen molar-refractivity contribution >= 4 is 23.6 Å². The van der Waals surface area contributed by atoms with Crippen LogP contribution in [-0.2, 0) is 9.59 Å². The van der Waals surface area contributed by atoms with E-state index in [2.05, 4.69) is 10.6 Å². The van der Waals surface area contributed by atoms with Crippen LogP contribution in [0.2, 0.25) is 0 Å². The Kier molecular flexibility index (Phi) is 5.01. The van der Waals surface area contributed by atoms with E-state index in [1.54, 1.807) is 0 Å². The number of carbonyl (C=O) groups excluding carboxylic acids is 2. The summed E-state index contributed by atoms with van der Waals surface area (Å²) in [5.41, 5.74) is 5.29. The molecule has 8 heteroatoms. The predicted octanol–water partition coefficient (Wildman–Crippen LogP) is 0.584. The Morgan fingerprint density at radius 2 is 2.05 bits per heavy atom. The van der Waals surface area contributed by atoms with E-state index in [-0.39, 0.29) is 11.3 Å². The van der Waals surface area contributed by atoms with E-state index in [1.807, 2.05) is 0 Å². The number of hydrogen-bond donors (Lipinski definition) is 4. The molecule has 0 spiro atoms. The number of urea groups is 1. The van der Waals surface area contributed by atoms with E-state index in [4.69, 9.17) is 10.8 Å². The van der Waals surface area contributed by atoms with Crippen molar-refractivity contribution in [2.75, 3.05) is 5.32 Å². The summed E-state index contributed by atoms with van der Waals surface area (Å²) in [6, 6.07) is 1.78. The molecule has 1 aromatic rings. The zero-order chi connectivity index (χ0) is 15.3. The Morgan fingerprint density at radius 3 is 2.60 bits per heavy atom. The van der Waals surface area contributed by atoms with E-state index in [0.717, 1.165) is 0 Å². The first kappa shape index (κ1) is 15.4. The third-order valence-corrected chi connectivity index (χ3v) is 2.52. The molecule has 0 saturated heterocycles. The van der Waals surface area contributed by atoms with Crippen LogP contribution >= 0.6 is 0 Å². The van der Waals surface area contributed by atoms with E-state index in [9.17, 15) is 18.8 Å². The van der Waals surface area contributed by atoms with Crippen molar-refractivity contribution in [1.82, 2.24) is 5.32 Å². The number of rotatable bonds is 5. The molecule has 5 N–H and O–H groups in total.